The molecule has 130 valence electrons. The monoisotopic (exact) mass is 392 g/mol. The zero-order chi connectivity index (χ0) is 17.6. The quantitative estimate of drug-likeness (QED) is 0.617. The van der Waals surface area contributed by atoms with E-state index in [-0.39, 0.29) is 0 Å². The summed E-state index contributed by atoms with van der Waals surface area (Å²) >= 11 is 13.9. The summed E-state index contributed by atoms with van der Waals surface area (Å²) in [7, 11) is 0. The van der Waals surface area contributed by atoms with Gasteiger partial charge in [-0.05, 0) is 37.6 Å². The number of halogens is 2. The van der Waals surface area contributed by atoms with E-state index in [4.69, 9.17) is 23.2 Å². The molecule has 1 saturated heterocycles. The Morgan fingerprint density at radius 3 is 2.40 bits per heavy atom. The summed E-state index contributed by atoms with van der Waals surface area (Å²) in [6.45, 7) is 7.99. The molecular weight excluding hydrogens is 375 g/mol. The predicted octanol–water partition coefficient (Wildman–Crippen LogP) is 4.94. The molecule has 0 radical (unpaired) electrons. The molecule has 3 aromatic rings. The van der Waals surface area contributed by atoms with Gasteiger partial charge in [0.15, 0.2) is 0 Å². The molecule has 0 aliphatic carbocycles. The zero-order valence-electron chi connectivity index (χ0n) is 14.1. The molecule has 2 aromatic heterocycles. The van der Waals surface area contributed by atoms with Crippen molar-refractivity contribution in [3.8, 4) is 0 Å². The molecule has 1 aliphatic rings. The third kappa shape index (κ3) is 3.05. The minimum Gasteiger partial charge on any atom is -0.368 e. The lowest BCUT2D eigenvalue weighted by atomic mass is 10.2. The lowest BCUT2D eigenvalue weighted by Gasteiger charge is -2.37. The Morgan fingerprint density at radius 1 is 0.960 bits per heavy atom. The van der Waals surface area contributed by atoms with Crippen LogP contribution in [0.15, 0.2) is 24.5 Å². The average molecular weight is 393 g/mol. The smallest absolute Gasteiger partial charge is 0.141 e. The van der Waals surface area contributed by atoms with Crippen LogP contribution in [-0.4, -0.2) is 36.1 Å². The van der Waals surface area contributed by atoms with Crippen molar-refractivity contribution in [2.45, 2.75) is 13.8 Å². The number of rotatable bonds is 2. The number of aryl methyl sites for hydroxylation is 2. The topological polar surface area (TPSA) is 32.3 Å². The largest absolute Gasteiger partial charge is 0.368 e. The second kappa shape index (κ2) is 6.63. The highest BCUT2D eigenvalue weighted by molar-refractivity contribution is 7.18. The van der Waals surface area contributed by atoms with Gasteiger partial charge in [-0.3, -0.25) is 0 Å². The van der Waals surface area contributed by atoms with Crippen molar-refractivity contribution in [1.29, 1.82) is 0 Å². The molecule has 0 atom stereocenters. The van der Waals surface area contributed by atoms with E-state index in [1.54, 1.807) is 17.7 Å². The van der Waals surface area contributed by atoms with Crippen LogP contribution in [0.2, 0.25) is 10.0 Å². The number of nitrogens with zero attached hydrogens (tertiary/aromatic N) is 4. The number of anilines is 2. The second-order valence-electron chi connectivity index (χ2n) is 6.23. The van der Waals surface area contributed by atoms with Gasteiger partial charge in [-0.2, -0.15) is 0 Å². The first kappa shape index (κ1) is 16.9. The molecular formula is C18H18Cl2N4S. The number of piperazine rings is 1. The van der Waals surface area contributed by atoms with Gasteiger partial charge in [0.05, 0.1) is 15.4 Å². The molecule has 0 N–H and O–H groups in total. The Labute approximate surface area is 161 Å². The van der Waals surface area contributed by atoms with Crippen molar-refractivity contribution in [3.63, 3.8) is 0 Å². The Morgan fingerprint density at radius 2 is 1.68 bits per heavy atom. The number of hydrogen-bond acceptors (Lipinski definition) is 5. The summed E-state index contributed by atoms with van der Waals surface area (Å²) in [6.07, 6.45) is 1.68. The van der Waals surface area contributed by atoms with Crippen LogP contribution in [0.25, 0.3) is 10.2 Å². The third-order valence-electron chi connectivity index (χ3n) is 4.79. The summed E-state index contributed by atoms with van der Waals surface area (Å²) in [5, 5.41) is 2.40. The molecule has 25 heavy (non-hydrogen) atoms. The van der Waals surface area contributed by atoms with E-state index in [1.807, 2.05) is 18.2 Å². The third-order valence-corrected chi connectivity index (χ3v) is 6.65. The lowest BCUT2D eigenvalue weighted by Crippen LogP contribution is -2.46. The number of fused-ring (bicyclic) bond motifs is 1. The number of benzene rings is 1. The Balaban J connectivity index is 1.57. The molecule has 3 heterocycles. The second-order valence-corrected chi connectivity index (χ2v) is 8.25. The van der Waals surface area contributed by atoms with Gasteiger partial charge in [-0.15, -0.1) is 11.3 Å². The van der Waals surface area contributed by atoms with Crippen molar-refractivity contribution in [2.24, 2.45) is 0 Å². The average Bonchev–Trinajstić information content (AvgIpc) is 2.92. The van der Waals surface area contributed by atoms with E-state index in [0.717, 1.165) is 42.5 Å². The van der Waals surface area contributed by atoms with Gasteiger partial charge < -0.3 is 9.80 Å². The van der Waals surface area contributed by atoms with E-state index in [2.05, 4.69) is 33.6 Å². The summed E-state index contributed by atoms with van der Waals surface area (Å²) < 4.78 is 0. The Kier molecular flexibility index (Phi) is 4.48. The van der Waals surface area contributed by atoms with E-state index in [0.29, 0.717) is 10.0 Å². The minimum absolute atomic E-state index is 0.593. The SMILES string of the molecule is Cc1sc2ncnc(N3CCN(c4ccc(Cl)c(Cl)c4)CC3)c2c1C. The fraction of sp³-hybridized carbons (Fsp3) is 0.333. The van der Waals surface area contributed by atoms with E-state index in [9.17, 15) is 0 Å². The number of thiophene rings is 1. The minimum atomic E-state index is 0.593. The normalized spacial score (nSPS) is 15.2. The molecule has 1 aromatic carbocycles. The first-order valence-corrected chi connectivity index (χ1v) is 9.77. The Hall–Kier alpha value is -1.56. The molecule has 7 heteroatoms. The molecule has 0 unspecified atom stereocenters. The summed E-state index contributed by atoms with van der Waals surface area (Å²) in [5.74, 6) is 1.06. The molecule has 0 saturated carbocycles. The van der Waals surface area contributed by atoms with Crippen LogP contribution < -0.4 is 9.80 Å². The standard InChI is InChI=1S/C18H18Cl2N4S/c1-11-12(2)25-18-16(11)17(21-10-22-18)24-7-5-23(6-8-24)13-3-4-14(19)15(20)9-13/h3-4,9-10H,5-8H2,1-2H3. The number of aromatic nitrogens is 2. The maximum absolute atomic E-state index is 6.16. The van der Waals surface area contributed by atoms with E-state index >= 15 is 0 Å². The molecule has 0 spiro atoms. The lowest BCUT2D eigenvalue weighted by molar-refractivity contribution is 0.649. The van der Waals surface area contributed by atoms with Crippen LogP contribution >= 0.6 is 34.5 Å². The van der Waals surface area contributed by atoms with Crippen LogP contribution in [0.5, 0.6) is 0 Å². The van der Waals surface area contributed by atoms with Crippen LogP contribution in [0.3, 0.4) is 0 Å². The van der Waals surface area contributed by atoms with Crippen molar-refractivity contribution in [1.82, 2.24) is 9.97 Å². The van der Waals surface area contributed by atoms with Gasteiger partial charge in [-0.1, -0.05) is 23.2 Å². The molecule has 4 nitrogen and oxygen atoms in total. The fourth-order valence-electron chi connectivity index (χ4n) is 3.26. The Bertz CT molecular complexity index is 932. The van der Waals surface area contributed by atoms with Crippen molar-refractivity contribution < 1.29 is 0 Å². The van der Waals surface area contributed by atoms with Gasteiger partial charge in [-0.25, -0.2) is 9.97 Å². The highest BCUT2D eigenvalue weighted by Gasteiger charge is 2.22. The predicted molar refractivity (Wildman–Crippen MR) is 108 cm³/mol. The molecule has 1 fully saturated rings. The van der Waals surface area contributed by atoms with Gasteiger partial charge >= 0.3 is 0 Å². The van der Waals surface area contributed by atoms with Crippen LogP contribution in [0.1, 0.15) is 10.4 Å². The molecule has 1 aliphatic heterocycles. The summed E-state index contributed by atoms with van der Waals surface area (Å²) in [5.41, 5.74) is 2.41. The summed E-state index contributed by atoms with van der Waals surface area (Å²) in [4.78, 5) is 16.1. The van der Waals surface area contributed by atoms with Gasteiger partial charge in [0.25, 0.3) is 0 Å². The van der Waals surface area contributed by atoms with E-state index in [1.165, 1.54) is 15.8 Å². The fourth-order valence-corrected chi connectivity index (χ4v) is 4.55. The maximum Gasteiger partial charge on any atom is 0.141 e. The van der Waals surface area contributed by atoms with Crippen molar-refractivity contribution in [2.75, 3.05) is 36.0 Å². The molecule has 0 amide bonds. The van der Waals surface area contributed by atoms with Gasteiger partial charge in [0, 0.05) is 36.7 Å². The maximum atomic E-state index is 6.16. The van der Waals surface area contributed by atoms with Crippen LogP contribution in [0.4, 0.5) is 11.5 Å². The van der Waals surface area contributed by atoms with E-state index < -0.39 is 0 Å². The zero-order valence-corrected chi connectivity index (χ0v) is 16.4. The van der Waals surface area contributed by atoms with Crippen molar-refractivity contribution in [3.05, 3.63) is 45.0 Å². The van der Waals surface area contributed by atoms with Crippen LogP contribution in [0, 0.1) is 13.8 Å². The highest BCUT2D eigenvalue weighted by Crippen LogP contribution is 2.35. The van der Waals surface area contributed by atoms with Gasteiger partial charge in [0.2, 0.25) is 0 Å². The van der Waals surface area contributed by atoms with Gasteiger partial charge in [0.1, 0.15) is 17.0 Å². The number of hydrogen-bond donors (Lipinski definition) is 0. The van der Waals surface area contributed by atoms with Crippen LogP contribution in [-0.2, 0) is 0 Å². The first-order valence-electron chi connectivity index (χ1n) is 8.20. The first-order chi connectivity index (χ1) is 12.0. The highest BCUT2D eigenvalue weighted by atomic mass is 35.5. The molecule has 0 bridgehead atoms. The molecule has 4 rings (SSSR count). The summed E-state index contributed by atoms with van der Waals surface area (Å²) in [6, 6.07) is 5.82. The van der Waals surface area contributed by atoms with Crippen molar-refractivity contribution >= 4 is 56.3 Å².